The highest BCUT2D eigenvalue weighted by molar-refractivity contribution is 5.79. The quantitative estimate of drug-likeness (QED) is 0.745. The third-order valence-electron chi connectivity index (χ3n) is 5.81. The molecule has 0 unspecified atom stereocenters. The van der Waals surface area contributed by atoms with Crippen molar-refractivity contribution in [1.82, 2.24) is 9.80 Å². The second-order valence-corrected chi connectivity index (χ2v) is 7.86. The van der Waals surface area contributed by atoms with E-state index >= 15 is 0 Å². The molecule has 0 aliphatic carbocycles. The van der Waals surface area contributed by atoms with Crippen LogP contribution in [0.3, 0.4) is 0 Å². The van der Waals surface area contributed by atoms with Crippen molar-refractivity contribution in [3.63, 3.8) is 0 Å². The molecule has 5 rings (SSSR count). The van der Waals surface area contributed by atoms with Gasteiger partial charge < -0.3 is 4.90 Å². The summed E-state index contributed by atoms with van der Waals surface area (Å²) in [5.74, 6) is -3.78. The van der Waals surface area contributed by atoms with E-state index in [0.717, 1.165) is 38.1 Å². The van der Waals surface area contributed by atoms with Gasteiger partial charge in [-0.15, -0.1) is 0 Å². The summed E-state index contributed by atoms with van der Waals surface area (Å²) in [6, 6.07) is 12.4. The van der Waals surface area contributed by atoms with E-state index < -0.39 is 17.5 Å². The van der Waals surface area contributed by atoms with Gasteiger partial charge in [0.2, 0.25) is 5.91 Å². The second kappa shape index (κ2) is 7.95. The Labute approximate surface area is 162 Å². The van der Waals surface area contributed by atoms with Crippen LogP contribution >= 0.6 is 0 Å². The molecule has 2 aromatic rings. The molecule has 3 aliphatic rings. The Bertz CT molecular complexity index is 835. The molecule has 2 atom stereocenters. The van der Waals surface area contributed by atoms with Crippen LogP contribution in [-0.2, 0) is 17.8 Å². The summed E-state index contributed by atoms with van der Waals surface area (Å²) in [7, 11) is 0. The third-order valence-corrected chi connectivity index (χ3v) is 5.81. The normalized spacial score (nSPS) is 22.3. The van der Waals surface area contributed by atoms with Crippen LogP contribution in [0.1, 0.15) is 24.0 Å². The molecule has 3 aliphatic heterocycles. The van der Waals surface area contributed by atoms with Crippen LogP contribution in [0, 0.1) is 23.4 Å². The van der Waals surface area contributed by atoms with Gasteiger partial charge in [-0.1, -0.05) is 30.3 Å². The van der Waals surface area contributed by atoms with E-state index in [9.17, 15) is 18.0 Å². The highest BCUT2D eigenvalue weighted by Gasteiger charge is 2.36. The molecule has 6 heteroatoms. The molecule has 2 bridgehead atoms. The minimum Gasteiger partial charge on any atom is -0.341 e. The number of piperidine rings is 1. The predicted molar refractivity (Wildman–Crippen MR) is 100.0 cm³/mol. The zero-order chi connectivity index (χ0) is 19.7. The molecule has 0 N–H and O–H groups in total. The SMILES string of the molecule is O=C(Cc1cc(F)c(F)c(F)c1)N1C[C@H]2CC[C@@H](C1)N(Cc1ccccc1)C2. The highest BCUT2D eigenvalue weighted by Crippen LogP contribution is 2.29. The number of rotatable bonds is 4. The van der Waals surface area contributed by atoms with Crippen molar-refractivity contribution >= 4 is 5.91 Å². The summed E-state index contributed by atoms with van der Waals surface area (Å²) >= 11 is 0. The first-order valence-corrected chi connectivity index (χ1v) is 9.69. The number of benzene rings is 2. The molecule has 3 saturated heterocycles. The molecular formula is C22H23F3N2O. The molecule has 3 heterocycles. The molecule has 2 aromatic carbocycles. The van der Waals surface area contributed by atoms with Crippen LogP contribution in [0.5, 0.6) is 0 Å². The van der Waals surface area contributed by atoms with Gasteiger partial charge in [-0.2, -0.15) is 0 Å². The van der Waals surface area contributed by atoms with Crippen molar-refractivity contribution < 1.29 is 18.0 Å². The number of hydrogen-bond acceptors (Lipinski definition) is 2. The lowest BCUT2D eigenvalue weighted by Gasteiger charge is -2.36. The van der Waals surface area contributed by atoms with Crippen molar-refractivity contribution in [2.24, 2.45) is 5.92 Å². The summed E-state index contributed by atoms with van der Waals surface area (Å²) in [4.78, 5) is 17.0. The van der Waals surface area contributed by atoms with Gasteiger partial charge in [-0.25, -0.2) is 13.2 Å². The molecule has 1 amide bonds. The monoisotopic (exact) mass is 388 g/mol. The largest absolute Gasteiger partial charge is 0.341 e. The maximum atomic E-state index is 13.4. The Hall–Kier alpha value is -2.34. The van der Waals surface area contributed by atoms with Crippen LogP contribution in [0.2, 0.25) is 0 Å². The fourth-order valence-electron chi connectivity index (χ4n) is 4.39. The van der Waals surface area contributed by atoms with E-state index in [2.05, 4.69) is 17.0 Å². The summed E-state index contributed by atoms with van der Waals surface area (Å²) in [5.41, 5.74) is 1.42. The van der Waals surface area contributed by atoms with Gasteiger partial charge in [0.05, 0.1) is 6.42 Å². The summed E-state index contributed by atoms with van der Waals surface area (Å²) in [6.45, 7) is 3.09. The molecular weight excluding hydrogens is 365 g/mol. The Morgan fingerprint density at radius 2 is 1.64 bits per heavy atom. The summed E-state index contributed by atoms with van der Waals surface area (Å²) < 4.78 is 40.0. The summed E-state index contributed by atoms with van der Waals surface area (Å²) in [5, 5.41) is 0. The average molecular weight is 388 g/mol. The number of hydrogen-bond donors (Lipinski definition) is 0. The number of amides is 1. The zero-order valence-electron chi connectivity index (χ0n) is 15.6. The minimum atomic E-state index is -1.50. The molecule has 3 fully saturated rings. The minimum absolute atomic E-state index is 0.119. The third kappa shape index (κ3) is 4.07. The average Bonchev–Trinajstić information content (AvgIpc) is 2.99. The Balaban J connectivity index is 1.44. The van der Waals surface area contributed by atoms with Crippen LogP contribution in [0.15, 0.2) is 42.5 Å². The van der Waals surface area contributed by atoms with Gasteiger partial charge in [0.1, 0.15) is 0 Å². The lowest BCUT2D eigenvalue weighted by atomic mass is 9.94. The highest BCUT2D eigenvalue weighted by atomic mass is 19.2. The van der Waals surface area contributed by atoms with Gasteiger partial charge in [-0.3, -0.25) is 9.69 Å². The fourth-order valence-corrected chi connectivity index (χ4v) is 4.39. The van der Waals surface area contributed by atoms with E-state index in [4.69, 9.17) is 0 Å². The first-order chi connectivity index (χ1) is 13.5. The van der Waals surface area contributed by atoms with Gasteiger partial charge in [-0.05, 0) is 42.0 Å². The topological polar surface area (TPSA) is 23.6 Å². The number of carbonyl (C=O) groups excluding carboxylic acids is 1. The number of fused-ring (bicyclic) bond motifs is 4. The Morgan fingerprint density at radius 3 is 2.36 bits per heavy atom. The fraction of sp³-hybridized carbons (Fsp3) is 0.409. The van der Waals surface area contributed by atoms with Gasteiger partial charge in [0, 0.05) is 32.2 Å². The van der Waals surface area contributed by atoms with Crippen LogP contribution in [0.4, 0.5) is 13.2 Å². The van der Waals surface area contributed by atoms with Crippen LogP contribution < -0.4 is 0 Å². The van der Waals surface area contributed by atoms with E-state index in [1.165, 1.54) is 5.56 Å². The van der Waals surface area contributed by atoms with E-state index in [0.29, 0.717) is 19.0 Å². The van der Waals surface area contributed by atoms with Crippen LogP contribution in [-0.4, -0.2) is 41.4 Å². The van der Waals surface area contributed by atoms with Crippen LogP contribution in [0.25, 0.3) is 0 Å². The molecule has 28 heavy (non-hydrogen) atoms. The van der Waals surface area contributed by atoms with E-state index in [-0.39, 0.29) is 23.9 Å². The lowest BCUT2D eigenvalue weighted by Crippen LogP contribution is -2.44. The van der Waals surface area contributed by atoms with Gasteiger partial charge >= 0.3 is 0 Å². The Morgan fingerprint density at radius 1 is 0.929 bits per heavy atom. The molecule has 0 radical (unpaired) electrons. The smallest absolute Gasteiger partial charge is 0.227 e. The summed E-state index contributed by atoms with van der Waals surface area (Å²) in [6.07, 6.45) is 2.01. The van der Waals surface area contributed by atoms with Gasteiger partial charge in [0.15, 0.2) is 17.5 Å². The number of carbonyl (C=O) groups is 1. The van der Waals surface area contributed by atoms with Gasteiger partial charge in [0.25, 0.3) is 0 Å². The second-order valence-electron chi connectivity index (χ2n) is 7.86. The molecule has 0 aromatic heterocycles. The predicted octanol–water partition coefficient (Wildman–Crippen LogP) is 3.77. The van der Waals surface area contributed by atoms with Crippen molar-refractivity contribution in [2.45, 2.75) is 31.8 Å². The van der Waals surface area contributed by atoms with E-state index in [1.807, 2.05) is 23.1 Å². The van der Waals surface area contributed by atoms with Crippen molar-refractivity contribution in [3.05, 3.63) is 71.0 Å². The van der Waals surface area contributed by atoms with Crippen molar-refractivity contribution in [3.8, 4) is 0 Å². The molecule has 148 valence electrons. The number of halogens is 3. The van der Waals surface area contributed by atoms with Crippen molar-refractivity contribution in [1.29, 1.82) is 0 Å². The molecule has 3 nitrogen and oxygen atoms in total. The standard InChI is InChI=1S/C22H23F3N2O/c23-19-8-17(9-20(24)22(19)25)10-21(28)27-13-16-6-7-18(14-27)26(12-16)11-15-4-2-1-3-5-15/h1-5,8-9,16,18H,6-7,10-14H2/t16-,18-/m0/s1. The van der Waals surface area contributed by atoms with Crippen molar-refractivity contribution in [2.75, 3.05) is 19.6 Å². The first kappa shape index (κ1) is 19.0. The zero-order valence-corrected chi connectivity index (χ0v) is 15.6. The lowest BCUT2D eigenvalue weighted by molar-refractivity contribution is -0.130. The van der Waals surface area contributed by atoms with E-state index in [1.54, 1.807) is 0 Å². The number of nitrogens with zero attached hydrogens (tertiary/aromatic N) is 2. The maximum absolute atomic E-state index is 13.4. The first-order valence-electron chi connectivity index (χ1n) is 9.69. The maximum Gasteiger partial charge on any atom is 0.227 e. The molecule has 0 saturated carbocycles. The molecule has 0 spiro atoms. The Kier molecular flexibility index (Phi) is 5.40.